The monoisotopic (exact) mass is 593 g/mol. The van der Waals surface area contributed by atoms with Crippen LogP contribution in [0.15, 0.2) is 71.2 Å². The van der Waals surface area contributed by atoms with Crippen LogP contribution in [0.25, 0.3) is 0 Å². The van der Waals surface area contributed by atoms with Gasteiger partial charge in [0.05, 0.1) is 11.8 Å². The van der Waals surface area contributed by atoms with Crippen molar-refractivity contribution < 1.29 is 19.2 Å². The summed E-state index contributed by atoms with van der Waals surface area (Å²) < 4.78 is 0.871. The van der Waals surface area contributed by atoms with E-state index in [2.05, 4.69) is 21.2 Å². The van der Waals surface area contributed by atoms with E-state index in [9.17, 15) is 19.2 Å². The number of rotatable bonds is 9. The summed E-state index contributed by atoms with van der Waals surface area (Å²) in [6.07, 6.45) is 5.29. The molecule has 1 saturated heterocycles. The standard InChI is InChI=1S/C31H36BrN3O4/c1-31(2,3)33-28(37)26(19-21-10-5-4-6-11-21)35(20-22-12-9-13-23(32)18-22)27(36)16-17-34-29(38)24-14-7-8-15-25(24)30(34)39/h4-13,18,24-26H,14-17,19-20H2,1-3H3,(H,33,37)/t24-,25+,26-/m1/s1. The topological polar surface area (TPSA) is 86.8 Å². The zero-order valence-corrected chi connectivity index (χ0v) is 24.3. The maximum Gasteiger partial charge on any atom is 0.243 e. The first-order chi connectivity index (χ1) is 18.5. The van der Waals surface area contributed by atoms with Gasteiger partial charge in [0.25, 0.3) is 0 Å². The second-order valence-electron chi connectivity index (χ2n) is 11.3. The molecular formula is C31H36BrN3O4. The van der Waals surface area contributed by atoms with E-state index in [0.717, 1.165) is 15.6 Å². The highest BCUT2D eigenvalue weighted by Gasteiger charge is 2.47. The average Bonchev–Trinajstić information content (AvgIpc) is 3.13. The number of carbonyl (C=O) groups excluding carboxylic acids is 4. The Morgan fingerprint density at radius 1 is 0.974 bits per heavy atom. The van der Waals surface area contributed by atoms with Gasteiger partial charge in [-0.3, -0.25) is 24.1 Å². The number of fused-ring (bicyclic) bond motifs is 1. The first-order valence-electron chi connectivity index (χ1n) is 13.4. The van der Waals surface area contributed by atoms with Crippen molar-refractivity contribution in [2.24, 2.45) is 11.8 Å². The summed E-state index contributed by atoms with van der Waals surface area (Å²) in [4.78, 5) is 56.4. The van der Waals surface area contributed by atoms with Crippen molar-refractivity contribution in [3.8, 4) is 0 Å². The Hall–Kier alpha value is -3.26. The fourth-order valence-corrected chi connectivity index (χ4v) is 5.73. The first-order valence-corrected chi connectivity index (χ1v) is 14.2. The molecule has 0 spiro atoms. The van der Waals surface area contributed by atoms with Gasteiger partial charge in [-0.15, -0.1) is 0 Å². The lowest BCUT2D eigenvalue weighted by molar-refractivity contribution is -0.144. The number of benzene rings is 2. The molecular weight excluding hydrogens is 558 g/mol. The van der Waals surface area contributed by atoms with Crippen molar-refractivity contribution in [3.63, 3.8) is 0 Å². The van der Waals surface area contributed by atoms with Crippen LogP contribution in [-0.2, 0) is 32.1 Å². The van der Waals surface area contributed by atoms with Gasteiger partial charge in [0.2, 0.25) is 23.6 Å². The predicted octanol–water partition coefficient (Wildman–Crippen LogP) is 4.65. The van der Waals surface area contributed by atoms with Crippen molar-refractivity contribution in [2.75, 3.05) is 6.54 Å². The second kappa shape index (κ2) is 12.3. The third kappa shape index (κ3) is 7.24. The zero-order valence-electron chi connectivity index (χ0n) is 22.7. The summed E-state index contributed by atoms with van der Waals surface area (Å²) in [5.74, 6) is -1.61. The summed E-state index contributed by atoms with van der Waals surface area (Å²) in [7, 11) is 0. The van der Waals surface area contributed by atoms with Gasteiger partial charge in [-0.25, -0.2) is 0 Å². The quantitative estimate of drug-likeness (QED) is 0.339. The van der Waals surface area contributed by atoms with Gasteiger partial charge in [-0.05, 0) is 56.9 Å². The van der Waals surface area contributed by atoms with Crippen LogP contribution in [0, 0.1) is 11.8 Å². The van der Waals surface area contributed by atoms with Crippen LogP contribution in [-0.4, -0.2) is 51.6 Å². The van der Waals surface area contributed by atoms with E-state index in [1.54, 1.807) is 4.90 Å². The molecule has 0 unspecified atom stereocenters. The highest BCUT2D eigenvalue weighted by atomic mass is 79.9. The number of hydrogen-bond donors (Lipinski definition) is 1. The van der Waals surface area contributed by atoms with Gasteiger partial charge in [-0.1, -0.05) is 70.5 Å². The molecule has 1 N–H and O–H groups in total. The Balaban J connectivity index is 1.60. The molecule has 1 heterocycles. The van der Waals surface area contributed by atoms with Crippen LogP contribution in [0.1, 0.15) is 51.2 Å². The number of halogens is 1. The van der Waals surface area contributed by atoms with Crippen molar-refractivity contribution >= 4 is 39.6 Å². The smallest absolute Gasteiger partial charge is 0.243 e. The number of imide groups is 1. The normalized spacial score (nSPS) is 19.5. The van der Waals surface area contributed by atoms with Crippen LogP contribution in [0.3, 0.4) is 0 Å². The minimum absolute atomic E-state index is 0.0113. The molecule has 1 aliphatic heterocycles. The van der Waals surface area contributed by atoms with Crippen LogP contribution in [0.5, 0.6) is 0 Å². The Morgan fingerprint density at radius 2 is 1.59 bits per heavy atom. The van der Waals surface area contributed by atoms with E-state index in [-0.39, 0.29) is 55.0 Å². The molecule has 0 aromatic heterocycles. The minimum atomic E-state index is -0.783. The zero-order chi connectivity index (χ0) is 28.2. The maximum absolute atomic E-state index is 13.9. The Morgan fingerprint density at radius 3 is 2.18 bits per heavy atom. The minimum Gasteiger partial charge on any atom is -0.350 e. The first kappa shape index (κ1) is 28.7. The van der Waals surface area contributed by atoms with E-state index in [0.29, 0.717) is 19.3 Å². The number of carbonyl (C=O) groups is 4. The number of amides is 4. The second-order valence-corrected chi connectivity index (χ2v) is 12.2. The number of allylic oxidation sites excluding steroid dienone is 2. The molecule has 1 aliphatic carbocycles. The lowest BCUT2D eigenvalue weighted by Crippen LogP contribution is -2.54. The lowest BCUT2D eigenvalue weighted by Gasteiger charge is -2.34. The molecule has 39 heavy (non-hydrogen) atoms. The van der Waals surface area contributed by atoms with E-state index in [4.69, 9.17) is 0 Å². The maximum atomic E-state index is 13.9. The Kier molecular flexibility index (Phi) is 9.05. The molecule has 4 rings (SSSR count). The molecule has 0 radical (unpaired) electrons. The molecule has 0 saturated carbocycles. The van der Waals surface area contributed by atoms with Gasteiger partial charge < -0.3 is 10.2 Å². The summed E-state index contributed by atoms with van der Waals surface area (Å²) in [5.41, 5.74) is 1.31. The van der Waals surface area contributed by atoms with E-state index in [1.165, 1.54) is 4.90 Å². The largest absolute Gasteiger partial charge is 0.350 e. The fraction of sp³-hybridized carbons (Fsp3) is 0.419. The SMILES string of the molecule is CC(C)(C)NC(=O)[C@@H](Cc1ccccc1)N(Cc1cccc(Br)c1)C(=O)CCN1C(=O)[C@H]2CC=CC[C@H]2C1=O. The van der Waals surface area contributed by atoms with Crippen molar-refractivity contribution in [1.82, 2.24) is 15.1 Å². The summed E-state index contributed by atoms with van der Waals surface area (Å²) in [6.45, 7) is 5.94. The van der Waals surface area contributed by atoms with Crippen molar-refractivity contribution in [1.29, 1.82) is 0 Å². The van der Waals surface area contributed by atoms with E-state index < -0.39 is 11.6 Å². The number of hydrogen-bond acceptors (Lipinski definition) is 4. The summed E-state index contributed by atoms with van der Waals surface area (Å²) >= 11 is 3.50. The van der Waals surface area contributed by atoms with E-state index in [1.807, 2.05) is 87.5 Å². The number of likely N-dealkylation sites (tertiary alicyclic amines) is 1. The molecule has 2 aromatic rings. The molecule has 3 atom stereocenters. The third-order valence-corrected chi connectivity index (χ3v) is 7.65. The van der Waals surface area contributed by atoms with Gasteiger partial charge in [0.15, 0.2) is 0 Å². The molecule has 2 aromatic carbocycles. The van der Waals surface area contributed by atoms with Gasteiger partial charge in [0.1, 0.15) is 6.04 Å². The van der Waals surface area contributed by atoms with E-state index >= 15 is 0 Å². The lowest BCUT2D eigenvalue weighted by atomic mass is 9.85. The fourth-order valence-electron chi connectivity index (χ4n) is 5.28. The molecule has 1 fully saturated rings. The number of nitrogens with zero attached hydrogens (tertiary/aromatic N) is 2. The van der Waals surface area contributed by atoms with Crippen molar-refractivity contribution in [3.05, 3.63) is 82.3 Å². The molecule has 2 aliphatic rings. The summed E-state index contributed by atoms with van der Waals surface area (Å²) in [5, 5.41) is 3.05. The molecule has 206 valence electrons. The Bertz CT molecular complexity index is 1230. The highest BCUT2D eigenvalue weighted by Crippen LogP contribution is 2.35. The van der Waals surface area contributed by atoms with Crippen LogP contribution in [0.4, 0.5) is 0 Å². The highest BCUT2D eigenvalue weighted by molar-refractivity contribution is 9.10. The molecule has 7 nitrogen and oxygen atoms in total. The summed E-state index contributed by atoms with van der Waals surface area (Å²) in [6, 6.07) is 16.5. The molecule has 0 bridgehead atoms. The molecule has 8 heteroatoms. The van der Waals surface area contributed by atoms with Crippen LogP contribution < -0.4 is 5.32 Å². The van der Waals surface area contributed by atoms with Gasteiger partial charge in [-0.2, -0.15) is 0 Å². The van der Waals surface area contributed by atoms with Crippen LogP contribution in [0.2, 0.25) is 0 Å². The average molecular weight is 595 g/mol. The Labute approximate surface area is 238 Å². The van der Waals surface area contributed by atoms with Crippen molar-refractivity contribution in [2.45, 2.75) is 64.6 Å². The van der Waals surface area contributed by atoms with Gasteiger partial charge >= 0.3 is 0 Å². The van der Waals surface area contributed by atoms with Crippen LogP contribution >= 0.6 is 15.9 Å². The predicted molar refractivity (Wildman–Crippen MR) is 153 cm³/mol. The third-order valence-electron chi connectivity index (χ3n) is 7.16. The molecule has 4 amide bonds. The van der Waals surface area contributed by atoms with Gasteiger partial charge in [0, 0.05) is 35.9 Å². The number of nitrogens with one attached hydrogen (secondary N) is 1.